The van der Waals surface area contributed by atoms with Crippen molar-refractivity contribution in [3.63, 3.8) is 0 Å². The van der Waals surface area contributed by atoms with Gasteiger partial charge in [0.2, 0.25) is 0 Å². The Bertz CT molecular complexity index is 801. The molecule has 1 aromatic heterocycles. The number of hydrogen-bond acceptors (Lipinski definition) is 4. The van der Waals surface area contributed by atoms with Crippen molar-refractivity contribution in [3.05, 3.63) is 39.5 Å². The number of hydrogen-bond donors (Lipinski definition) is 0. The molecule has 126 valence electrons. The van der Waals surface area contributed by atoms with E-state index in [0.717, 1.165) is 23.2 Å². The van der Waals surface area contributed by atoms with Gasteiger partial charge in [-0.25, -0.2) is 4.68 Å². The van der Waals surface area contributed by atoms with E-state index >= 15 is 0 Å². The summed E-state index contributed by atoms with van der Waals surface area (Å²) < 4.78 is 44.5. The minimum atomic E-state index is -4.59. The summed E-state index contributed by atoms with van der Waals surface area (Å²) in [6, 6.07) is 3.33. The smallest absolute Gasteiger partial charge is 0.416 e. The van der Waals surface area contributed by atoms with E-state index in [1.807, 2.05) is 6.07 Å². The maximum absolute atomic E-state index is 12.8. The fourth-order valence-corrected chi connectivity index (χ4v) is 2.45. The standard InChI is InChI=1S/C14H9Cl2F3N4O/c1-2-24-7-21-13-8(5-20)6-22-23(13)12-10(15)3-9(4-11(12)16)14(17,18)19/h3-4,6-7H,2H2,1H3/b21-7+. The molecule has 0 saturated heterocycles. The van der Waals surface area contributed by atoms with Crippen molar-refractivity contribution in [2.24, 2.45) is 4.99 Å². The Morgan fingerprint density at radius 1 is 1.38 bits per heavy atom. The van der Waals surface area contributed by atoms with Crippen molar-refractivity contribution in [3.8, 4) is 11.8 Å². The maximum atomic E-state index is 12.8. The Balaban J connectivity index is 2.61. The van der Waals surface area contributed by atoms with Gasteiger partial charge in [0.15, 0.2) is 12.2 Å². The first-order valence-electron chi connectivity index (χ1n) is 6.48. The second kappa shape index (κ2) is 7.11. The zero-order valence-corrected chi connectivity index (χ0v) is 13.6. The summed E-state index contributed by atoms with van der Waals surface area (Å²) in [6.45, 7) is 2.08. The fourth-order valence-electron chi connectivity index (χ4n) is 1.80. The molecule has 0 atom stereocenters. The third-order valence-electron chi connectivity index (χ3n) is 2.84. The van der Waals surface area contributed by atoms with Crippen LogP contribution in [0.15, 0.2) is 23.3 Å². The second-order valence-electron chi connectivity index (χ2n) is 4.38. The van der Waals surface area contributed by atoms with Gasteiger partial charge in [-0.3, -0.25) is 0 Å². The summed E-state index contributed by atoms with van der Waals surface area (Å²) >= 11 is 11.9. The fraction of sp³-hybridized carbons (Fsp3) is 0.214. The molecule has 0 aliphatic rings. The molecule has 10 heteroatoms. The van der Waals surface area contributed by atoms with E-state index in [1.165, 1.54) is 6.20 Å². The van der Waals surface area contributed by atoms with Crippen molar-refractivity contribution in [2.75, 3.05) is 6.61 Å². The Morgan fingerprint density at radius 3 is 2.50 bits per heavy atom. The van der Waals surface area contributed by atoms with Crippen LogP contribution in [-0.4, -0.2) is 22.8 Å². The molecule has 0 spiro atoms. The Labute approximate surface area is 144 Å². The second-order valence-corrected chi connectivity index (χ2v) is 5.20. The van der Waals surface area contributed by atoms with Gasteiger partial charge in [-0.15, -0.1) is 0 Å². The highest BCUT2D eigenvalue weighted by Crippen LogP contribution is 2.38. The third kappa shape index (κ3) is 3.63. The molecule has 1 heterocycles. The molecule has 0 aliphatic heterocycles. The molecule has 0 fully saturated rings. The van der Waals surface area contributed by atoms with E-state index in [-0.39, 0.29) is 27.1 Å². The van der Waals surface area contributed by atoms with Gasteiger partial charge in [-0.05, 0) is 19.1 Å². The van der Waals surface area contributed by atoms with Crippen LogP contribution in [0.1, 0.15) is 18.1 Å². The predicted molar refractivity (Wildman–Crippen MR) is 83.1 cm³/mol. The first-order valence-corrected chi connectivity index (χ1v) is 7.24. The van der Waals surface area contributed by atoms with Gasteiger partial charge < -0.3 is 4.74 Å². The van der Waals surface area contributed by atoms with Crippen LogP contribution in [0, 0.1) is 11.3 Å². The van der Waals surface area contributed by atoms with Gasteiger partial charge in [-0.2, -0.15) is 28.5 Å². The van der Waals surface area contributed by atoms with E-state index in [4.69, 9.17) is 33.2 Å². The zero-order valence-electron chi connectivity index (χ0n) is 12.1. The Morgan fingerprint density at radius 2 is 2.00 bits per heavy atom. The van der Waals surface area contributed by atoms with Crippen molar-refractivity contribution >= 4 is 35.4 Å². The molecule has 24 heavy (non-hydrogen) atoms. The van der Waals surface area contributed by atoms with Crippen LogP contribution in [0.3, 0.4) is 0 Å². The number of nitriles is 1. The quantitative estimate of drug-likeness (QED) is 0.570. The lowest BCUT2D eigenvalue weighted by Gasteiger charge is -2.13. The Kier molecular flexibility index (Phi) is 5.36. The highest BCUT2D eigenvalue weighted by molar-refractivity contribution is 6.38. The lowest BCUT2D eigenvalue weighted by molar-refractivity contribution is -0.137. The number of halogens is 5. The molecule has 2 rings (SSSR count). The normalized spacial score (nSPS) is 11.7. The summed E-state index contributed by atoms with van der Waals surface area (Å²) in [5.41, 5.74) is -0.928. The van der Waals surface area contributed by atoms with Crippen LogP contribution in [-0.2, 0) is 10.9 Å². The van der Waals surface area contributed by atoms with Gasteiger partial charge in [0.1, 0.15) is 17.3 Å². The summed E-state index contributed by atoms with van der Waals surface area (Å²) in [4.78, 5) is 3.95. The molecular weight excluding hydrogens is 368 g/mol. The number of ether oxygens (including phenoxy) is 1. The number of aliphatic imine (C=N–C) groups is 1. The van der Waals surface area contributed by atoms with Crippen LogP contribution < -0.4 is 0 Å². The topological polar surface area (TPSA) is 63.2 Å². The summed E-state index contributed by atoms with van der Waals surface area (Å²) in [7, 11) is 0. The van der Waals surface area contributed by atoms with Gasteiger partial charge in [-0.1, -0.05) is 23.2 Å². The molecule has 0 radical (unpaired) electrons. The van der Waals surface area contributed by atoms with Crippen molar-refractivity contribution in [2.45, 2.75) is 13.1 Å². The molecule has 1 aromatic carbocycles. The van der Waals surface area contributed by atoms with Crippen molar-refractivity contribution < 1.29 is 17.9 Å². The monoisotopic (exact) mass is 376 g/mol. The Hall–Kier alpha value is -2.24. The molecule has 5 nitrogen and oxygen atoms in total. The van der Waals surface area contributed by atoms with Gasteiger partial charge in [0.25, 0.3) is 0 Å². The molecule has 0 bridgehead atoms. The van der Waals surface area contributed by atoms with Gasteiger partial charge in [0.05, 0.1) is 28.4 Å². The molecule has 0 aliphatic carbocycles. The lowest BCUT2D eigenvalue weighted by Crippen LogP contribution is -2.07. The van der Waals surface area contributed by atoms with Crippen molar-refractivity contribution in [1.82, 2.24) is 9.78 Å². The number of benzene rings is 1. The minimum absolute atomic E-state index is 0.0171. The zero-order chi connectivity index (χ0) is 17.9. The summed E-state index contributed by atoms with van der Waals surface area (Å²) in [5.74, 6) is 0.0366. The van der Waals surface area contributed by atoms with Crippen LogP contribution in [0.2, 0.25) is 10.0 Å². The van der Waals surface area contributed by atoms with Crippen LogP contribution in [0.25, 0.3) is 5.69 Å². The van der Waals surface area contributed by atoms with E-state index in [2.05, 4.69) is 10.1 Å². The van der Waals surface area contributed by atoms with Gasteiger partial charge >= 0.3 is 6.18 Å². The first kappa shape index (κ1) is 18.1. The molecule has 0 N–H and O–H groups in total. The van der Waals surface area contributed by atoms with Crippen LogP contribution in [0.5, 0.6) is 0 Å². The lowest BCUT2D eigenvalue weighted by atomic mass is 10.2. The number of rotatable bonds is 4. The maximum Gasteiger partial charge on any atom is 0.416 e. The van der Waals surface area contributed by atoms with E-state index in [9.17, 15) is 13.2 Å². The van der Waals surface area contributed by atoms with E-state index < -0.39 is 11.7 Å². The number of nitrogens with zero attached hydrogens (tertiary/aromatic N) is 4. The molecule has 0 saturated carbocycles. The third-order valence-corrected chi connectivity index (χ3v) is 3.41. The SMILES string of the molecule is CCO/C=N/c1c(C#N)cnn1-c1c(Cl)cc(C(F)(F)F)cc1Cl. The summed E-state index contributed by atoms with van der Waals surface area (Å²) in [5, 5.41) is 12.5. The molecular formula is C14H9Cl2F3N4O. The van der Waals surface area contributed by atoms with E-state index in [1.54, 1.807) is 6.92 Å². The van der Waals surface area contributed by atoms with Crippen molar-refractivity contribution in [1.29, 1.82) is 5.26 Å². The number of alkyl halides is 3. The highest BCUT2D eigenvalue weighted by atomic mass is 35.5. The predicted octanol–water partition coefficient (Wildman–Crippen LogP) is 4.77. The van der Waals surface area contributed by atoms with E-state index in [0.29, 0.717) is 6.61 Å². The van der Waals surface area contributed by atoms with Crippen LogP contribution in [0.4, 0.5) is 19.0 Å². The minimum Gasteiger partial charge on any atom is -0.483 e. The van der Waals surface area contributed by atoms with Gasteiger partial charge in [0, 0.05) is 0 Å². The number of aromatic nitrogens is 2. The average Bonchev–Trinajstić information content (AvgIpc) is 2.89. The largest absolute Gasteiger partial charge is 0.483 e. The summed E-state index contributed by atoms with van der Waals surface area (Å²) in [6.07, 6.45) is -2.30. The average molecular weight is 377 g/mol. The molecule has 0 unspecified atom stereocenters. The molecule has 0 amide bonds. The molecule has 2 aromatic rings. The van der Waals surface area contributed by atoms with Crippen LogP contribution >= 0.6 is 23.2 Å². The highest BCUT2D eigenvalue weighted by Gasteiger charge is 2.32. The first-order chi connectivity index (χ1) is 11.3.